The molecule has 0 spiro atoms. The number of fused-ring (bicyclic) bond motifs is 2. The Kier molecular flexibility index (Phi) is 4.43. The van der Waals surface area contributed by atoms with Crippen LogP contribution in [0.5, 0.6) is 11.5 Å². The summed E-state index contributed by atoms with van der Waals surface area (Å²) in [4.78, 5) is 6.74. The van der Waals surface area contributed by atoms with E-state index in [2.05, 4.69) is 9.97 Å². The minimum absolute atomic E-state index is 0.104. The van der Waals surface area contributed by atoms with Crippen molar-refractivity contribution < 1.29 is 13.9 Å². The minimum atomic E-state index is -0.251. The third kappa shape index (κ3) is 2.99. The van der Waals surface area contributed by atoms with E-state index < -0.39 is 0 Å². The number of aromatic nitrogens is 2. The Balaban J connectivity index is 1.78. The Bertz CT molecular complexity index is 1250. The highest BCUT2D eigenvalue weighted by molar-refractivity contribution is 5.90. The molecule has 0 radical (unpaired) electrons. The third-order valence-electron chi connectivity index (χ3n) is 5.67. The molecule has 0 unspecified atom stereocenters. The number of halogens is 1. The number of hydrogen-bond donors (Lipinski definition) is 2. The maximum atomic E-state index is 13.7. The van der Waals surface area contributed by atoms with Crippen LogP contribution < -0.4 is 9.47 Å². The van der Waals surface area contributed by atoms with Gasteiger partial charge in [0.15, 0.2) is 0 Å². The number of nitrogens with one attached hydrogen (secondary N) is 2. The van der Waals surface area contributed by atoms with E-state index in [1.54, 1.807) is 14.2 Å². The summed E-state index contributed by atoms with van der Waals surface area (Å²) in [7, 11) is 3.33. The van der Waals surface area contributed by atoms with E-state index in [0.717, 1.165) is 50.0 Å². The highest BCUT2D eigenvalue weighted by Gasteiger charge is 2.24. The van der Waals surface area contributed by atoms with Crippen LogP contribution in [0.3, 0.4) is 0 Å². The van der Waals surface area contributed by atoms with E-state index in [-0.39, 0.29) is 11.7 Å². The highest BCUT2D eigenvalue weighted by Crippen LogP contribution is 2.40. The van der Waals surface area contributed by atoms with Gasteiger partial charge >= 0.3 is 0 Å². The van der Waals surface area contributed by atoms with Gasteiger partial charge in [0, 0.05) is 40.1 Å². The first-order valence-electron chi connectivity index (χ1n) is 9.73. The molecule has 0 aliphatic heterocycles. The summed E-state index contributed by atoms with van der Waals surface area (Å²) in [5, 5.41) is 2.14. The van der Waals surface area contributed by atoms with Gasteiger partial charge in [-0.25, -0.2) is 4.39 Å². The van der Waals surface area contributed by atoms with Crippen LogP contribution in [0.2, 0.25) is 0 Å². The summed E-state index contributed by atoms with van der Waals surface area (Å²) in [6.45, 7) is 0. The fraction of sp³-hybridized carbons (Fsp3) is 0.120. The van der Waals surface area contributed by atoms with Gasteiger partial charge in [0.25, 0.3) is 0 Å². The molecular formula is C25H21FN2O2. The zero-order valence-electron chi connectivity index (χ0n) is 16.7. The van der Waals surface area contributed by atoms with Gasteiger partial charge < -0.3 is 19.4 Å². The van der Waals surface area contributed by atoms with Crippen molar-refractivity contribution in [3.63, 3.8) is 0 Å². The minimum Gasteiger partial charge on any atom is -0.497 e. The first kappa shape index (κ1) is 18.3. The second kappa shape index (κ2) is 7.26. The second-order valence-electron chi connectivity index (χ2n) is 7.30. The number of hydrogen-bond acceptors (Lipinski definition) is 2. The Morgan fingerprint density at radius 2 is 1.20 bits per heavy atom. The van der Waals surface area contributed by atoms with Crippen LogP contribution in [-0.4, -0.2) is 24.2 Å². The highest BCUT2D eigenvalue weighted by atomic mass is 19.1. The summed E-state index contributed by atoms with van der Waals surface area (Å²) >= 11 is 0. The molecule has 0 bridgehead atoms. The van der Waals surface area contributed by atoms with Crippen LogP contribution in [0.4, 0.5) is 4.39 Å². The molecular weight excluding hydrogens is 379 g/mol. The standard InChI is InChI=1S/C25H21FN2O2/c1-29-17-7-9-23-19(11-17)21(13-27-23)25(15-3-5-16(26)6-4-15)22-14-28-24-10-8-18(30-2)12-20(22)24/h3-14,25,27-28H,1-2H3. The van der Waals surface area contributed by atoms with Crippen molar-refractivity contribution in [1.29, 1.82) is 0 Å². The van der Waals surface area contributed by atoms with Crippen molar-refractivity contribution in [3.8, 4) is 11.5 Å². The topological polar surface area (TPSA) is 50.0 Å². The molecule has 150 valence electrons. The van der Waals surface area contributed by atoms with Crippen molar-refractivity contribution in [2.45, 2.75) is 5.92 Å². The molecule has 5 aromatic rings. The smallest absolute Gasteiger partial charge is 0.123 e. The van der Waals surface area contributed by atoms with Crippen LogP contribution in [0, 0.1) is 5.82 Å². The fourth-order valence-corrected chi connectivity index (χ4v) is 4.16. The van der Waals surface area contributed by atoms with Gasteiger partial charge in [-0.3, -0.25) is 0 Å². The molecule has 2 heterocycles. The van der Waals surface area contributed by atoms with Crippen LogP contribution in [0.15, 0.2) is 73.1 Å². The van der Waals surface area contributed by atoms with E-state index in [0.29, 0.717) is 0 Å². The van der Waals surface area contributed by atoms with E-state index in [4.69, 9.17) is 9.47 Å². The van der Waals surface area contributed by atoms with Crippen LogP contribution in [0.25, 0.3) is 21.8 Å². The van der Waals surface area contributed by atoms with Crippen LogP contribution >= 0.6 is 0 Å². The molecule has 2 aromatic heterocycles. The lowest BCUT2D eigenvalue weighted by molar-refractivity contribution is 0.415. The number of H-pyrrole nitrogens is 2. The molecule has 0 saturated heterocycles. The summed E-state index contributed by atoms with van der Waals surface area (Å²) in [6, 6.07) is 18.7. The molecule has 0 fully saturated rings. The molecule has 30 heavy (non-hydrogen) atoms. The van der Waals surface area contributed by atoms with Gasteiger partial charge in [-0.15, -0.1) is 0 Å². The quantitative estimate of drug-likeness (QED) is 0.381. The van der Waals surface area contributed by atoms with Crippen molar-refractivity contribution in [2.75, 3.05) is 14.2 Å². The number of aromatic amines is 2. The zero-order valence-corrected chi connectivity index (χ0v) is 16.7. The SMILES string of the molecule is COc1ccc2[nH]cc(C(c3ccc(F)cc3)c3c[nH]c4ccc(OC)cc34)c2c1. The predicted molar refractivity (Wildman–Crippen MR) is 117 cm³/mol. The average Bonchev–Trinajstić information content (AvgIpc) is 3.39. The lowest BCUT2D eigenvalue weighted by Crippen LogP contribution is -2.02. The van der Waals surface area contributed by atoms with Crippen LogP contribution in [-0.2, 0) is 0 Å². The molecule has 3 aromatic carbocycles. The maximum absolute atomic E-state index is 13.7. The molecule has 0 saturated carbocycles. The Morgan fingerprint density at radius 3 is 1.67 bits per heavy atom. The van der Waals surface area contributed by atoms with Crippen molar-refractivity contribution in [1.82, 2.24) is 9.97 Å². The molecule has 0 atom stereocenters. The molecule has 5 heteroatoms. The molecule has 0 amide bonds. The first-order valence-corrected chi connectivity index (χ1v) is 9.73. The van der Waals surface area contributed by atoms with E-state index >= 15 is 0 Å². The lowest BCUT2D eigenvalue weighted by Gasteiger charge is -2.18. The Morgan fingerprint density at radius 1 is 0.700 bits per heavy atom. The second-order valence-corrected chi connectivity index (χ2v) is 7.30. The summed E-state index contributed by atoms with van der Waals surface area (Å²) in [5.74, 6) is 1.23. The monoisotopic (exact) mass is 400 g/mol. The molecule has 0 aliphatic rings. The largest absolute Gasteiger partial charge is 0.497 e. The van der Waals surface area contributed by atoms with Gasteiger partial charge in [0.05, 0.1) is 14.2 Å². The maximum Gasteiger partial charge on any atom is 0.123 e. The van der Waals surface area contributed by atoms with Crippen molar-refractivity contribution in [3.05, 3.63) is 95.6 Å². The predicted octanol–water partition coefficient (Wildman–Crippen LogP) is 5.99. The van der Waals surface area contributed by atoms with Gasteiger partial charge in [0.2, 0.25) is 0 Å². The van der Waals surface area contributed by atoms with Crippen molar-refractivity contribution in [2.24, 2.45) is 0 Å². The number of rotatable bonds is 5. The average molecular weight is 400 g/mol. The number of methoxy groups -OCH3 is 2. The Hall–Kier alpha value is -3.73. The number of ether oxygens (including phenoxy) is 2. The summed E-state index contributed by atoms with van der Waals surface area (Å²) in [5.41, 5.74) is 5.24. The molecule has 5 rings (SSSR count). The fourth-order valence-electron chi connectivity index (χ4n) is 4.16. The normalized spacial score (nSPS) is 11.5. The number of benzene rings is 3. The summed E-state index contributed by atoms with van der Waals surface area (Å²) in [6.07, 6.45) is 4.05. The van der Waals surface area contributed by atoms with Crippen LogP contribution in [0.1, 0.15) is 22.6 Å². The van der Waals surface area contributed by atoms with Gasteiger partial charge in [-0.2, -0.15) is 0 Å². The van der Waals surface area contributed by atoms with E-state index in [1.807, 2.05) is 60.9 Å². The first-order chi connectivity index (χ1) is 14.7. The van der Waals surface area contributed by atoms with Gasteiger partial charge in [0.1, 0.15) is 17.3 Å². The molecule has 2 N–H and O–H groups in total. The van der Waals surface area contributed by atoms with Gasteiger partial charge in [-0.05, 0) is 65.2 Å². The lowest BCUT2D eigenvalue weighted by atomic mass is 9.84. The zero-order chi connectivity index (χ0) is 20.7. The summed E-state index contributed by atoms with van der Waals surface area (Å²) < 4.78 is 24.6. The Labute approximate surface area is 173 Å². The van der Waals surface area contributed by atoms with Gasteiger partial charge in [-0.1, -0.05) is 12.1 Å². The van der Waals surface area contributed by atoms with E-state index in [9.17, 15) is 4.39 Å². The molecule has 0 aliphatic carbocycles. The van der Waals surface area contributed by atoms with Crippen molar-refractivity contribution >= 4 is 21.8 Å². The third-order valence-corrected chi connectivity index (χ3v) is 5.67. The molecule has 4 nitrogen and oxygen atoms in total. The van der Waals surface area contributed by atoms with E-state index in [1.165, 1.54) is 12.1 Å².